The van der Waals surface area contributed by atoms with Gasteiger partial charge < -0.3 is 67.8 Å². The van der Waals surface area contributed by atoms with Gasteiger partial charge in [-0.1, -0.05) is 48.0 Å². The Morgan fingerprint density at radius 3 is 1.35 bits per heavy atom. The first-order valence-corrected chi connectivity index (χ1v) is 31.7. The highest BCUT2D eigenvalue weighted by atomic mass is 28.4. The highest BCUT2D eigenvalue weighted by Crippen LogP contribution is 2.40. The monoisotopic (exact) mass is 1120 g/mol. The Morgan fingerprint density at radius 1 is 0.562 bits per heavy atom. The molecule has 0 saturated carbocycles. The average Bonchev–Trinajstić information content (AvgIpc) is 3.69. The van der Waals surface area contributed by atoms with Gasteiger partial charge in [0.1, 0.15) is 34.9 Å². The molecule has 0 aliphatic carbocycles. The van der Waals surface area contributed by atoms with Crippen LogP contribution in [-0.2, 0) is 4.43 Å². The van der Waals surface area contributed by atoms with E-state index in [1.807, 2.05) is 42.5 Å². The third-order valence-electron chi connectivity index (χ3n) is 15.9. The minimum Gasteiger partial charge on any atom is -0.416 e. The predicted octanol–water partition coefficient (Wildman–Crippen LogP) is 7.04. The molecule has 9 rings (SSSR count). The number of rotatable bonds is 12. The fourth-order valence-corrected chi connectivity index (χ4v) is 10.3. The molecule has 9 heterocycles. The van der Waals surface area contributed by atoms with Crippen LogP contribution in [0.5, 0.6) is 0 Å². The molecule has 4 aliphatic rings. The number of nitrogens with two attached hydrogens (primary N) is 5. The van der Waals surface area contributed by atoms with Gasteiger partial charge in [-0.15, -0.1) is 51.0 Å². The van der Waals surface area contributed by atoms with E-state index < -0.39 is 8.32 Å². The molecule has 4 saturated heterocycles. The highest BCUT2D eigenvalue weighted by molar-refractivity contribution is 6.74. The van der Waals surface area contributed by atoms with Gasteiger partial charge in [-0.05, 0) is 169 Å². The molecule has 80 heavy (non-hydrogen) atoms. The van der Waals surface area contributed by atoms with E-state index in [4.69, 9.17) is 33.1 Å². The molecule has 4 aliphatic heterocycles. The maximum absolute atomic E-state index is 6.47. The minimum atomic E-state index is -1.67. The average molecular weight is 1120 g/mol. The van der Waals surface area contributed by atoms with Gasteiger partial charge in [-0.2, -0.15) is 0 Å². The van der Waals surface area contributed by atoms with E-state index >= 15 is 0 Å². The van der Waals surface area contributed by atoms with Crippen LogP contribution in [0.15, 0.2) is 60.7 Å². The molecule has 442 valence electrons. The summed E-state index contributed by atoms with van der Waals surface area (Å²) in [5.41, 5.74) is 27.8. The summed E-state index contributed by atoms with van der Waals surface area (Å²) in [5.74, 6) is 7.78. The van der Waals surface area contributed by atoms with Crippen LogP contribution < -0.4 is 53.6 Å². The van der Waals surface area contributed by atoms with Crippen molar-refractivity contribution in [3.8, 4) is 0 Å². The molecule has 0 amide bonds. The lowest BCUT2D eigenvalue weighted by molar-refractivity contribution is 0.120. The molecular formula is C56H98N22OSi. The molecule has 5 aromatic rings. The molecule has 0 atom stereocenters. The molecule has 0 radical (unpaired) electrons. The second-order valence-electron chi connectivity index (χ2n) is 23.5. The van der Waals surface area contributed by atoms with Crippen molar-refractivity contribution in [3.05, 3.63) is 60.7 Å². The van der Waals surface area contributed by atoms with Gasteiger partial charge in [-0.3, -0.25) is 0 Å². The summed E-state index contributed by atoms with van der Waals surface area (Å²) in [6, 6.07) is 19.3. The summed E-state index contributed by atoms with van der Waals surface area (Å²) in [6.45, 7) is 30.6. The first-order chi connectivity index (χ1) is 38.1. The Morgan fingerprint density at radius 2 is 0.975 bits per heavy atom. The molecule has 0 unspecified atom stereocenters. The Balaban J connectivity index is 0.000000187. The van der Waals surface area contributed by atoms with Crippen LogP contribution in [0.2, 0.25) is 18.1 Å². The predicted molar refractivity (Wildman–Crippen MR) is 332 cm³/mol. The van der Waals surface area contributed by atoms with E-state index in [1.165, 1.54) is 38.5 Å². The van der Waals surface area contributed by atoms with Crippen molar-refractivity contribution < 1.29 is 4.43 Å². The van der Waals surface area contributed by atoms with Gasteiger partial charge in [0.2, 0.25) is 0 Å². The first kappa shape index (κ1) is 64.3. The fourth-order valence-electron chi connectivity index (χ4n) is 9.16. The van der Waals surface area contributed by atoms with Crippen molar-refractivity contribution >= 4 is 66.5 Å². The zero-order valence-corrected chi connectivity index (χ0v) is 51.2. The molecule has 0 aromatic carbocycles. The van der Waals surface area contributed by atoms with Crippen LogP contribution in [0.1, 0.15) is 99.3 Å². The summed E-state index contributed by atoms with van der Waals surface area (Å²) in [7, 11) is 4.76. The van der Waals surface area contributed by atoms with Gasteiger partial charge in [0.05, 0.1) is 0 Å². The maximum Gasteiger partial charge on any atom is 0.192 e. The molecule has 0 spiro atoms. The Labute approximate surface area is 478 Å². The van der Waals surface area contributed by atoms with Gasteiger partial charge >= 0.3 is 0 Å². The number of likely N-dealkylation sites (N-methyl/N-ethyl adjacent to an activating group) is 1. The number of hydrogen-bond donors (Lipinski definition) is 6. The molecule has 4 fully saturated rings. The molecule has 23 nitrogen and oxygen atoms in total. The van der Waals surface area contributed by atoms with E-state index in [0.717, 1.165) is 133 Å². The Bertz CT molecular complexity index is 2460. The quantitative estimate of drug-likeness (QED) is 0.0682. The van der Waals surface area contributed by atoms with Crippen LogP contribution in [0.25, 0.3) is 0 Å². The number of piperidine rings is 3. The first-order valence-electron chi connectivity index (χ1n) is 28.8. The van der Waals surface area contributed by atoms with E-state index in [2.05, 4.69) is 161 Å². The van der Waals surface area contributed by atoms with E-state index in [1.54, 1.807) is 18.2 Å². The van der Waals surface area contributed by atoms with Crippen LogP contribution in [0.3, 0.4) is 0 Å². The number of nitrogens with zero attached hydrogens (tertiary/aromatic N) is 16. The lowest BCUT2D eigenvalue weighted by Gasteiger charge is -2.43. The summed E-state index contributed by atoms with van der Waals surface area (Å²) in [5, 5.41) is 43.0. The summed E-state index contributed by atoms with van der Waals surface area (Å²) in [4.78, 5) is 13.7. The molecule has 5 aromatic heterocycles. The smallest absolute Gasteiger partial charge is 0.192 e. The fraction of sp³-hybridized carbons (Fsp3) is 0.643. The lowest BCUT2D eigenvalue weighted by atomic mass is 9.81. The highest BCUT2D eigenvalue weighted by Gasteiger charge is 2.40. The third-order valence-corrected chi connectivity index (χ3v) is 20.4. The third kappa shape index (κ3) is 21.5. The van der Waals surface area contributed by atoms with Gasteiger partial charge in [0.25, 0.3) is 0 Å². The number of nitrogen functional groups attached to an aromatic ring is 5. The Kier molecular flexibility index (Phi) is 25.3. The van der Waals surface area contributed by atoms with E-state index in [-0.39, 0.29) is 10.5 Å². The lowest BCUT2D eigenvalue weighted by Crippen LogP contribution is -2.46. The second-order valence-corrected chi connectivity index (χ2v) is 28.4. The molecular weight excluding hydrogens is 1020 g/mol. The van der Waals surface area contributed by atoms with Gasteiger partial charge in [0.15, 0.2) is 31.6 Å². The topological polar surface area (TPSA) is 300 Å². The number of anilines is 10. The summed E-state index contributed by atoms with van der Waals surface area (Å²) < 4.78 is 6.47. The van der Waals surface area contributed by atoms with Crippen LogP contribution in [-0.4, -0.2) is 175 Å². The zero-order valence-electron chi connectivity index (χ0n) is 50.2. The second kappa shape index (κ2) is 31.5. The summed E-state index contributed by atoms with van der Waals surface area (Å²) in [6.07, 6.45) is 10.7. The van der Waals surface area contributed by atoms with Crippen molar-refractivity contribution in [2.75, 3.05) is 153 Å². The molecule has 24 heteroatoms. The SMILES string of the molecule is CC1(CO[Si](C)(C)C(C)(C)C)CCN(c2ccc(N)nn2)CC1.CCC1CCN(c2ccc(N)nn2)CC1.CCCNc1ccc(N)nn1.CN(C)C1CCN(c2ccc(N)nn2)CC1.CN1CCCN(c2ccc(N)nn2)CC1. The number of hydrogen-bond acceptors (Lipinski definition) is 23. The van der Waals surface area contributed by atoms with E-state index in [9.17, 15) is 0 Å². The normalized spacial score (nSPS) is 17.3. The van der Waals surface area contributed by atoms with Gasteiger partial charge in [-0.25, -0.2) is 0 Å². The standard InChI is InChI=1S/C17H32N4OSi.C11H19N5.C11H18N4.C10H17N5.C7H12N4/c1-16(2,3)23(5,6)22-13-17(4)9-11-21(12-10-17)15-8-7-14(18)19-20-15;1-15(2)9-5-7-16(8-6-9)11-4-3-10(12)13-14-11;1-2-9-5-7-15(8-6-9)11-4-3-10(12)13-14-11;1-14-5-2-6-15(8-7-14)10-4-3-9(11)12-13-10;1-2-5-9-7-4-3-6(8)10-11-7/h7-8H,9-13H2,1-6H3,(H2,18,19);3-4,9H,5-8H2,1-2H3,(H2,12,13);3-4,9H,2,5-8H2,1H3,(H2,12,13);3-4H,2,5-8H2,1H3,(H2,11,12);3-4H,2,5H2,1H3,(H2,8,10)(H,9,11). The van der Waals surface area contributed by atoms with Gasteiger partial charge in [0, 0.05) is 78.1 Å². The maximum atomic E-state index is 6.47. The Hall–Kier alpha value is -6.50. The van der Waals surface area contributed by atoms with Crippen LogP contribution in [0.4, 0.5) is 58.2 Å². The molecule has 11 N–H and O–H groups in total. The van der Waals surface area contributed by atoms with Crippen molar-refractivity contribution in [1.29, 1.82) is 0 Å². The van der Waals surface area contributed by atoms with Crippen molar-refractivity contribution in [1.82, 2.24) is 60.8 Å². The summed E-state index contributed by atoms with van der Waals surface area (Å²) >= 11 is 0. The number of nitrogens with one attached hydrogen (secondary N) is 1. The number of aromatic nitrogens is 10. The van der Waals surface area contributed by atoms with Crippen molar-refractivity contribution in [2.45, 2.75) is 124 Å². The molecule has 0 bridgehead atoms. The van der Waals surface area contributed by atoms with E-state index in [0.29, 0.717) is 35.1 Å². The largest absolute Gasteiger partial charge is 0.416 e. The van der Waals surface area contributed by atoms with Crippen molar-refractivity contribution in [3.63, 3.8) is 0 Å². The van der Waals surface area contributed by atoms with Crippen molar-refractivity contribution in [2.24, 2.45) is 11.3 Å². The minimum absolute atomic E-state index is 0.257. The van der Waals surface area contributed by atoms with Crippen LogP contribution >= 0.6 is 0 Å². The van der Waals surface area contributed by atoms with Crippen LogP contribution in [0, 0.1) is 11.3 Å². The zero-order chi connectivity index (χ0) is 58.3.